The SMILES string of the molecule is O=C(CCn1ncc(=O)c2ccccc21)NCC1CC1. The minimum Gasteiger partial charge on any atom is -0.356 e. The Balaban J connectivity index is 1.69. The number of rotatable bonds is 5. The van der Waals surface area contributed by atoms with Gasteiger partial charge in [0.05, 0.1) is 18.3 Å². The Morgan fingerprint density at radius 2 is 2.15 bits per heavy atom. The van der Waals surface area contributed by atoms with Crippen molar-refractivity contribution in [3.8, 4) is 0 Å². The summed E-state index contributed by atoms with van der Waals surface area (Å²) in [5, 5.41) is 7.68. The van der Waals surface area contributed by atoms with Gasteiger partial charge in [-0.2, -0.15) is 5.10 Å². The van der Waals surface area contributed by atoms with Crippen LogP contribution in [0.3, 0.4) is 0 Å². The molecule has 1 aliphatic carbocycles. The Hall–Kier alpha value is -2.17. The summed E-state index contributed by atoms with van der Waals surface area (Å²) in [5.41, 5.74) is 0.685. The van der Waals surface area contributed by atoms with Gasteiger partial charge in [-0.15, -0.1) is 0 Å². The van der Waals surface area contributed by atoms with Crippen LogP contribution < -0.4 is 10.7 Å². The van der Waals surface area contributed by atoms with E-state index in [9.17, 15) is 9.59 Å². The molecule has 5 heteroatoms. The van der Waals surface area contributed by atoms with Gasteiger partial charge in [0.2, 0.25) is 11.3 Å². The predicted octanol–water partition coefficient (Wildman–Crippen LogP) is 1.31. The van der Waals surface area contributed by atoms with Crippen molar-refractivity contribution in [2.24, 2.45) is 5.92 Å². The van der Waals surface area contributed by atoms with Crippen LogP contribution >= 0.6 is 0 Å². The van der Waals surface area contributed by atoms with Gasteiger partial charge in [0.1, 0.15) is 0 Å². The third-order valence-electron chi connectivity index (χ3n) is 3.60. The molecular weight excluding hydrogens is 254 g/mol. The first-order valence-corrected chi connectivity index (χ1v) is 6.95. The highest BCUT2D eigenvalue weighted by Crippen LogP contribution is 2.27. The van der Waals surface area contributed by atoms with E-state index < -0.39 is 0 Å². The van der Waals surface area contributed by atoms with E-state index in [4.69, 9.17) is 0 Å². The quantitative estimate of drug-likeness (QED) is 0.892. The summed E-state index contributed by atoms with van der Waals surface area (Å²) in [6, 6.07) is 7.33. The van der Waals surface area contributed by atoms with Crippen molar-refractivity contribution in [2.75, 3.05) is 6.54 Å². The van der Waals surface area contributed by atoms with E-state index in [1.54, 1.807) is 10.7 Å². The molecule has 0 aliphatic heterocycles. The maximum absolute atomic E-state index is 11.7. The number of hydrogen-bond donors (Lipinski definition) is 1. The van der Waals surface area contributed by atoms with Crippen LogP contribution in [0.15, 0.2) is 35.3 Å². The Kier molecular flexibility index (Phi) is 3.50. The van der Waals surface area contributed by atoms with Crippen LogP contribution in [-0.4, -0.2) is 22.2 Å². The van der Waals surface area contributed by atoms with Gasteiger partial charge >= 0.3 is 0 Å². The second-order valence-electron chi connectivity index (χ2n) is 5.25. The van der Waals surface area contributed by atoms with Crippen molar-refractivity contribution >= 4 is 16.8 Å². The third kappa shape index (κ3) is 2.87. The van der Waals surface area contributed by atoms with E-state index in [0.29, 0.717) is 24.3 Å². The molecule has 0 saturated heterocycles. The fraction of sp³-hybridized carbons (Fsp3) is 0.400. The van der Waals surface area contributed by atoms with Crippen molar-refractivity contribution in [2.45, 2.75) is 25.8 Å². The molecule has 0 atom stereocenters. The van der Waals surface area contributed by atoms with Crippen molar-refractivity contribution in [3.63, 3.8) is 0 Å². The molecule has 1 aliphatic rings. The smallest absolute Gasteiger partial charge is 0.221 e. The third-order valence-corrected chi connectivity index (χ3v) is 3.60. The monoisotopic (exact) mass is 271 g/mol. The predicted molar refractivity (Wildman–Crippen MR) is 76.4 cm³/mol. The van der Waals surface area contributed by atoms with Crippen LogP contribution in [0.1, 0.15) is 19.3 Å². The first-order valence-electron chi connectivity index (χ1n) is 6.95. The summed E-state index contributed by atoms with van der Waals surface area (Å²) in [6.07, 6.45) is 4.15. The molecule has 0 spiro atoms. The highest BCUT2D eigenvalue weighted by molar-refractivity contribution is 5.79. The summed E-state index contributed by atoms with van der Waals surface area (Å²) < 4.78 is 1.72. The van der Waals surface area contributed by atoms with E-state index in [0.717, 1.165) is 12.1 Å². The Morgan fingerprint density at radius 1 is 1.35 bits per heavy atom. The highest BCUT2D eigenvalue weighted by atomic mass is 16.1. The van der Waals surface area contributed by atoms with Gasteiger partial charge in [-0.25, -0.2) is 0 Å². The summed E-state index contributed by atoms with van der Waals surface area (Å²) in [4.78, 5) is 23.4. The summed E-state index contributed by atoms with van der Waals surface area (Å²) >= 11 is 0. The molecule has 0 radical (unpaired) electrons. The van der Waals surface area contributed by atoms with Gasteiger partial charge in [0.25, 0.3) is 0 Å². The minimum absolute atomic E-state index is 0.0430. The molecule has 1 fully saturated rings. The molecule has 2 aromatic rings. The molecule has 0 unspecified atom stereocenters. The number of hydrogen-bond acceptors (Lipinski definition) is 3. The number of nitrogens with zero attached hydrogens (tertiary/aromatic N) is 2. The van der Waals surface area contributed by atoms with Gasteiger partial charge in [-0.3, -0.25) is 14.3 Å². The molecule has 0 bridgehead atoms. The molecule has 1 N–H and O–H groups in total. The molecule has 1 heterocycles. The maximum Gasteiger partial charge on any atom is 0.221 e. The van der Waals surface area contributed by atoms with E-state index >= 15 is 0 Å². The lowest BCUT2D eigenvalue weighted by Gasteiger charge is -2.09. The fourth-order valence-electron chi connectivity index (χ4n) is 2.22. The minimum atomic E-state index is -0.0879. The summed E-state index contributed by atoms with van der Waals surface area (Å²) in [5.74, 6) is 0.729. The normalized spacial score (nSPS) is 14.4. The Labute approximate surface area is 116 Å². The average molecular weight is 271 g/mol. The van der Waals surface area contributed by atoms with Crippen LogP contribution in [0.5, 0.6) is 0 Å². The second-order valence-corrected chi connectivity index (χ2v) is 5.25. The number of nitrogens with one attached hydrogen (secondary N) is 1. The highest BCUT2D eigenvalue weighted by Gasteiger charge is 2.21. The number of para-hydroxylation sites is 1. The largest absolute Gasteiger partial charge is 0.356 e. The van der Waals surface area contributed by atoms with Crippen molar-refractivity contribution < 1.29 is 4.79 Å². The van der Waals surface area contributed by atoms with E-state index in [1.807, 2.05) is 18.2 Å². The van der Waals surface area contributed by atoms with Gasteiger partial charge in [-0.1, -0.05) is 12.1 Å². The van der Waals surface area contributed by atoms with Gasteiger partial charge in [-0.05, 0) is 30.9 Å². The molecule has 104 valence electrons. The molecule has 1 aromatic heterocycles. The molecule has 20 heavy (non-hydrogen) atoms. The lowest BCUT2D eigenvalue weighted by Crippen LogP contribution is -2.27. The fourth-order valence-corrected chi connectivity index (χ4v) is 2.22. The van der Waals surface area contributed by atoms with E-state index in [1.165, 1.54) is 19.0 Å². The van der Waals surface area contributed by atoms with Crippen LogP contribution in [0.2, 0.25) is 0 Å². The lowest BCUT2D eigenvalue weighted by molar-refractivity contribution is -0.121. The average Bonchev–Trinajstić information content (AvgIpc) is 3.29. The maximum atomic E-state index is 11.7. The number of aryl methyl sites for hydroxylation is 1. The lowest BCUT2D eigenvalue weighted by atomic mass is 10.2. The van der Waals surface area contributed by atoms with Gasteiger partial charge in [0, 0.05) is 18.4 Å². The number of fused-ring (bicyclic) bond motifs is 1. The number of aromatic nitrogens is 2. The van der Waals surface area contributed by atoms with Crippen molar-refractivity contribution in [1.29, 1.82) is 0 Å². The van der Waals surface area contributed by atoms with Crippen LogP contribution in [0.4, 0.5) is 0 Å². The van der Waals surface area contributed by atoms with Crippen LogP contribution in [0, 0.1) is 5.92 Å². The Bertz CT molecular complexity index is 689. The number of carbonyl (C=O) groups excluding carboxylic acids is 1. The van der Waals surface area contributed by atoms with Crippen molar-refractivity contribution in [1.82, 2.24) is 15.1 Å². The molecule has 3 rings (SSSR count). The Morgan fingerprint density at radius 3 is 2.95 bits per heavy atom. The first kappa shape index (κ1) is 12.8. The topological polar surface area (TPSA) is 64.0 Å². The zero-order valence-electron chi connectivity index (χ0n) is 11.2. The number of amides is 1. The van der Waals surface area contributed by atoms with E-state index in [2.05, 4.69) is 10.4 Å². The molecule has 5 nitrogen and oxygen atoms in total. The van der Waals surface area contributed by atoms with Crippen molar-refractivity contribution in [3.05, 3.63) is 40.7 Å². The molecule has 1 aromatic carbocycles. The number of benzene rings is 1. The summed E-state index contributed by atoms with van der Waals surface area (Å²) in [6.45, 7) is 1.27. The molecule has 1 amide bonds. The second kappa shape index (κ2) is 5.45. The molecule has 1 saturated carbocycles. The van der Waals surface area contributed by atoms with Gasteiger partial charge in [0.15, 0.2) is 0 Å². The zero-order valence-corrected chi connectivity index (χ0v) is 11.2. The number of carbonyl (C=O) groups is 1. The molecular formula is C15H17N3O2. The standard InChI is InChI=1S/C15H17N3O2/c19-14-10-17-18(13-4-2-1-3-12(13)14)8-7-15(20)16-9-11-5-6-11/h1-4,10-11H,5-9H2,(H,16,20). The van der Waals surface area contributed by atoms with Crippen LogP contribution in [0.25, 0.3) is 10.9 Å². The zero-order chi connectivity index (χ0) is 13.9. The van der Waals surface area contributed by atoms with E-state index in [-0.39, 0.29) is 11.3 Å². The first-order chi connectivity index (χ1) is 9.74. The van der Waals surface area contributed by atoms with Crippen LogP contribution in [-0.2, 0) is 11.3 Å². The van der Waals surface area contributed by atoms with Gasteiger partial charge < -0.3 is 5.32 Å². The summed E-state index contributed by atoms with van der Waals surface area (Å²) in [7, 11) is 0.